The molecule has 0 saturated carbocycles. The minimum absolute atomic E-state index is 0.211. The summed E-state index contributed by atoms with van der Waals surface area (Å²) in [7, 11) is 1.65. The van der Waals surface area contributed by atoms with E-state index in [0.717, 1.165) is 53.4 Å². The Labute approximate surface area is 158 Å². The van der Waals surface area contributed by atoms with Crippen LogP contribution < -0.4 is 4.74 Å². The number of carbonyl (C=O) groups excluding carboxylic acids is 1. The summed E-state index contributed by atoms with van der Waals surface area (Å²) in [6.45, 7) is 5.42. The van der Waals surface area contributed by atoms with E-state index in [2.05, 4.69) is 21.5 Å². The molecule has 3 heterocycles. The molecule has 142 valence electrons. The topological polar surface area (TPSA) is 76.0 Å². The Morgan fingerprint density at radius 1 is 1.37 bits per heavy atom. The van der Waals surface area contributed by atoms with Gasteiger partial charge in [-0.1, -0.05) is 13.3 Å². The van der Waals surface area contributed by atoms with Crippen LogP contribution in [-0.4, -0.2) is 44.0 Å². The summed E-state index contributed by atoms with van der Waals surface area (Å²) in [5, 5.41) is 0. The fourth-order valence-electron chi connectivity index (χ4n) is 3.90. The van der Waals surface area contributed by atoms with Crippen LogP contribution in [0.2, 0.25) is 0 Å². The van der Waals surface area contributed by atoms with Crippen LogP contribution in [0.15, 0.2) is 24.5 Å². The van der Waals surface area contributed by atoms with Crippen molar-refractivity contribution in [3.63, 3.8) is 0 Å². The van der Waals surface area contributed by atoms with Gasteiger partial charge in [-0.2, -0.15) is 0 Å². The van der Waals surface area contributed by atoms with Crippen molar-refractivity contribution in [1.29, 1.82) is 0 Å². The highest BCUT2D eigenvalue weighted by molar-refractivity contribution is 5.83. The molecular weight excluding hydrogens is 342 g/mol. The number of aryl methyl sites for hydroxylation is 1. The largest absolute Gasteiger partial charge is 0.497 e. The van der Waals surface area contributed by atoms with Gasteiger partial charge < -0.3 is 19.2 Å². The lowest BCUT2D eigenvalue weighted by atomic mass is 10.0. The minimum Gasteiger partial charge on any atom is -0.497 e. The molecule has 4 rings (SSSR count). The summed E-state index contributed by atoms with van der Waals surface area (Å²) in [5.74, 6) is 2.19. The summed E-state index contributed by atoms with van der Waals surface area (Å²) < 4.78 is 7.47. The van der Waals surface area contributed by atoms with E-state index < -0.39 is 0 Å². The van der Waals surface area contributed by atoms with Gasteiger partial charge in [0.05, 0.1) is 31.1 Å². The Morgan fingerprint density at radius 2 is 2.22 bits per heavy atom. The van der Waals surface area contributed by atoms with Crippen LogP contribution in [-0.2, 0) is 11.5 Å². The average Bonchev–Trinajstić information content (AvgIpc) is 3.33. The van der Waals surface area contributed by atoms with Crippen LogP contribution in [0.25, 0.3) is 22.6 Å². The number of methoxy groups -OCH3 is 1. The first-order valence-electron chi connectivity index (χ1n) is 9.43. The van der Waals surface area contributed by atoms with E-state index in [-0.39, 0.29) is 5.91 Å². The summed E-state index contributed by atoms with van der Waals surface area (Å²) in [4.78, 5) is 26.9. The maximum atomic E-state index is 12.6. The Bertz CT molecular complexity index is 974. The fraction of sp³-hybridized carbons (Fsp3) is 0.450. The molecule has 27 heavy (non-hydrogen) atoms. The number of carbonyl (C=O) groups is 1. The first-order valence-corrected chi connectivity index (χ1v) is 9.43. The van der Waals surface area contributed by atoms with E-state index in [4.69, 9.17) is 9.72 Å². The van der Waals surface area contributed by atoms with Crippen LogP contribution >= 0.6 is 0 Å². The smallest absolute Gasteiger partial charge is 0.224 e. The number of rotatable bonds is 6. The lowest BCUT2D eigenvalue weighted by Crippen LogP contribution is -2.28. The number of likely N-dealkylation sites (tertiary alicyclic amines) is 1. The van der Waals surface area contributed by atoms with Crippen molar-refractivity contribution in [1.82, 2.24) is 24.4 Å². The van der Waals surface area contributed by atoms with Crippen LogP contribution in [0.3, 0.4) is 0 Å². The van der Waals surface area contributed by atoms with Crippen molar-refractivity contribution in [2.24, 2.45) is 5.92 Å². The number of hydrogen-bond acceptors (Lipinski definition) is 4. The van der Waals surface area contributed by atoms with Gasteiger partial charge in [0.2, 0.25) is 5.91 Å². The zero-order valence-corrected chi connectivity index (χ0v) is 16.0. The number of H-pyrrole nitrogens is 1. The fourth-order valence-corrected chi connectivity index (χ4v) is 3.90. The zero-order chi connectivity index (χ0) is 19.0. The van der Waals surface area contributed by atoms with Crippen molar-refractivity contribution < 1.29 is 9.53 Å². The molecule has 0 aliphatic carbocycles. The molecule has 1 unspecified atom stereocenters. The quantitative estimate of drug-likeness (QED) is 0.725. The van der Waals surface area contributed by atoms with Crippen LogP contribution in [0, 0.1) is 12.8 Å². The molecule has 2 aromatic heterocycles. The molecule has 1 aliphatic heterocycles. The van der Waals surface area contributed by atoms with Crippen molar-refractivity contribution in [2.45, 2.75) is 39.8 Å². The monoisotopic (exact) mass is 367 g/mol. The summed E-state index contributed by atoms with van der Waals surface area (Å²) in [6.07, 6.45) is 4.51. The Hall–Kier alpha value is -2.83. The number of nitrogens with zero attached hydrogens (tertiary/aromatic N) is 4. The third-order valence-electron chi connectivity index (χ3n) is 5.30. The Balaban J connectivity index is 1.77. The predicted molar refractivity (Wildman–Crippen MR) is 103 cm³/mol. The third kappa shape index (κ3) is 3.18. The molecule has 1 aromatic carbocycles. The zero-order valence-electron chi connectivity index (χ0n) is 16.0. The van der Waals surface area contributed by atoms with Gasteiger partial charge in [0, 0.05) is 24.7 Å². The predicted octanol–water partition coefficient (Wildman–Crippen LogP) is 3.35. The second-order valence-corrected chi connectivity index (χ2v) is 7.21. The van der Waals surface area contributed by atoms with Gasteiger partial charge >= 0.3 is 0 Å². The number of nitrogens with one attached hydrogen (secondary N) is 1. The van der Waals surface area contributed by atoms with E-state index in [9.17, 15) is 4.79 Å². The van der Waals surface area contributed by atoms with Crippen molar-refractivity contribution >= 4 is 16.9 Å². The first-order chi connectivity index (χ1) is 13.1. The summed E-state index contributed by atoms with van der Waals surface area (Å²) in [6, 6.07) is 5.82. The van der Waals surface area contributed by atoms with E-state index in [1.807, 2.05) is 30.0 Å². The molecule has 1 aliphatic rings. The molecule has 0 spiro atoms. The molecular formula is C20H25N5O2. The lowest BCUT2D eigenvalue weighted by molar-refractivity contribution is -0.129. The number of aromatic amines is 1. The highest BCUT2D eigenvalue weighted by atomic mass is 16.5. The van der Waals surface area contributed by atoms with Gasteiger partial charge in [-0.05, 0) is 31.4 Å². The number of hydrogen-bond donors (Lipinski definition) is 1. The van der Waals surface area contributed by atoms with Gasteiger partial charge in [-0.3, -0.25) is 4.79 Å². The Morgan fingerprint density at radius 3 is 2.93 bits per heavy atom. The first kappa shape index (κ1) is 17.6. The molecule has 1 N–H and O–H groups in total. The van der Waals surface area contributed by atoms with Crippen LogP contribution in [0.1, 0.15) is 31.9 Å². The maximum absolute atomic E-state index is 12.6. The second kappa shape index (κ2) is 7.06. The van der Waals surface area contributed by atoms with Crippen molar-refractivity contribution in [2.75, 3.05) is 13.7 Å². The van der Waals surface area contributed by atoms with Gasteiger partial charge in [-0.25, -0.2) is 9.97 Å². The molecule has 7 nitrogen and oxygen atoms in total. The number of benzene rings is 1. The number of aromatic nitrogens is 4. The minimum atomic E-state index is 0.211. The van der Waals surface area contributed by atoms with E-state index in [1.54, 1.807) is 13.4 Å². The van der Waals surface area contributed by atoms with Crippen LogP contribution in [0.5, 0.6) is 5.75 Å². The SMILES string of the molecule is CCCC1CC(=O)N(Cn2c(-c3nc[nH]c3C)nc3ccc(OC)cc32)C1. The van der Waals surface area contributed by atoms with Gasteiger partial charge in [0.25, 0.3) is 0 Å². The van der Waals surface area contributed by atoms with Gasteiger partial charge in [0.15, 0.2) is 5.82 Å². The molecule has 1 atom stereocenters. The van der Waals surface area contributed by atoms with E-state index in [1.165, 1.54) is 0 Å². The molecule has 1 amide bonds. The lowest BCUT2D eigenvalue weighted by Gasteiger charge is -2.19. The molecule has 1 fully saturated rings. The normalized spacial score (nSPS) is 17.2. The van der Waals surface area contributed by atoms with Crippen LogP contribution in [0.4, 0.5) is 0 Å². The number of ether oxygens (including phenoxy) is 1. The molecule has 1 saturated heterocycles. The molecule has 3 aromatic rings. The Kier molecular flexibility index (Phi) is 4.59. The average molecular weight is 367 g/mol. The number of fused-ring (bicyclic) bond motifs is 1. The summed E-state index contributed by atoms with van der Waals surface area (Å²) >= 11 is 0. The third-order valence-corrected chi connectivity index (χ3v) is 5.30. The highest BCUT2D eigenvalue weighted by Crippen LogP contribution is 2.30. The van der Waals surface area contributed by atoms with Gasteiger partial charge in [0.1, 0.15) is 11.4 Å². The van der Waals surface area contributed by atoms with Crippen molar-refractivity contribution in [3.8, 4) is 17.3 Å². The number of imidazole rings is 2. The molecule has 7 heteroatoms. The number of amides is 1. The van der Waals surface area contributed by atoms with Crippen molar-refractivity contribution in [3.05, 3.63) is 30.2 Å². The second-order valence-electron chi connectivity index (χ2n) is 7.21. The maximum Gasteiger partial charge on any atom is 0.224 e. The summed E-state index contributed by atoms with van der Waals surface area (Å²) in [5.41, 5.74) is 3.57. The van der Waals surface area contributed by atoms with E-state index >= 15 is 0 Å². The molecule has 0 radical (unpaired) electrons. The highest BCUT2D eigenvalue weighted by Gasteiger charge is 2.30. The molecule has 0 bridgehead atoms. The standard InChI is InChI=1S/C20H25N5O2/c1-4-5-14-8-18(26)24(10-14)12-25-17-9-15(27-3)6-7-16(17)23-20(25)19-13(2)21-11-22-19/h6-7,9,11,14H,4-5,8,10,12H2,1-3H3,(H,21,22). The van der Waals surface area contributed by atoms with Gasteiger partial charge in [-0.15, -0.1) is 0 Å². The van der Waals surface area contributed by atoms with E-state index in [0.29, 0.717) is 19.0 Å².